The highest BCUT2D eigenvalue weighted by atomic mass is 16.4. The lowest BCUT2D eigenvalue weighted by Crippen LogP contribution is -2.66. The van der Waals surface area contributed by atoms with E-state index in [0.29, 0.717) is 6.08 Å². The van der Waals surface area contributed by atoms with Gasteiger partial charge in [-0.25, -0.2) is 4.79 Å². The minimum absolute atomic E-state index is 0.348. The van der Waals surface area contributed by atoms with Crippen LogP contribution < -0.4 is 0 Å². The van der Waals surface area contributed by atoms with Gasteiger partial charge in [0.2, 0.25) is 5.41 Å². The number of carboxylic acid groups (broad SMARTS) is 6. The van der Waals surface area contributed by atoms with Crippen molar-refractivity contribution in [2.24, 2.45) is 10.8 Å². The second-order valence-corrected chi connectivity index (χ2v) is 4.36. The minimum atomic E-state index is -4.54. The third kappa shape index (κ3) is 2.43. The number of carbonyl (C=O) groups is 6. The Morgan fingerprint density at radius 3 is 1.12 bits per heavy atom. The molecule has 0 saturated heterocycles. The number of hydrogen-bond donors (Lipinski definition) is 6. The molecule has 0 amide bonds. The average molecular weight is 348 g/mol. The zero-order valence-corrected chi connectivity index (χ0v) is 11.9. The van der Waals surface area contributed by atoms with Gasteiger partial charge in [-0.15, -0.1) is 0 Å². The van der Waals surface area contributed by atoms with Crippen molar-refractivity contribution in [3.05, 3.63) is 11.6 Å². The number of rotatable bonds is 9. The Hall–Kier alpha value is -3.44. The fourth-order valence-electron chi connectivity index (χ4n) is 2.21. The van der Waals surface area contributed by atoms with E-state index in [1.165, 1.54) is 6.92 Å². The lowest BCUT2D eigenvalue weighted by atomic mass is 9.58. The average Bonchev–Trinajstić information content (AvgIpc) is 2.39. The van der Waals surface area contributed by atoms with Crippen LogP contribution in [0.5, 0.6) is 0 Å². The van der Waals surface area contributed by atoms with Crippen molar-refractivity contribution in [1.29, 1.82) is 0 Å². The highest BCUT2D eigenvalue weighted by molar-refractivity contribution is 6.28. The molecule has 0 aliphatic heterocycles. The zero-order valence-electron chi connectivity index (χ0n) is 11.9. The maximum absolute atomic E-state index is 11.6. The summed E-state index contributed by atoms with van der Waals surface area (Å²) in [4.78, 5) is 68.6. The van der Waals surface area contributed by atoms with Gasteiger partial charge in [0.25, 0.3) is 5.41 Å². The minimum Gasteiger partial charge on any atom is -0.480 e. The number of allylic oxidation sites excluding steroid dienone is 1. The molecule has 132 valence electrons. The van der Waals surface area contributed by atoms with Gasteiger partial charge in [0.1, 0.15) is 0 Å². The molecule has 0 aromatic rings. The topological polar surface area (TPSA) is 224 Å². The van der Waals surface area contributed by atoms with Crippen LogP contribution in [0.15, 0.2) is 11.6 Å². The largest absolute Gasteiger partial charge is 0.480 e. The second kappa shape index (κ2) is 6.76. The first kappa shape index (κ1) is 20.6. The lowest BCUT2D eigenvalue weighted by Gasteiger charge is -2.35. The SMILES string of the molecule is CCC=C(C(=O)O)C(C(=O)O)(C(=O)O)C(C(=O)O)(C(=O)O)C(=O)O. The predicted octanol–water partition coefficient (Wildman–Crippen LogP) is -1.20. The molecule has 0 aromatic carbocycles. The molecule has 0 aromatic heterocycles. The first-order chi connectivity index (χ1) is 10.9. The molecule has 0 aliphatic rings. The molecule has 0 aliphatic carbocycles. The summed E-state index contributed by atoms with van der Waals surface area (Å²) in [5.41, 5.74) is -10.6. The third-order valence-corrected chi connectivity index (χ3v) is 3.21. The van der Waals surface area contributed by atoms with Gasteiger partial charge in [0.05, 0.1) is 5.57 Å². The normalized spacial score (nSPS) is 12.3. The number of aliphatic carboxylic acids is 6. The van der Waals surface area contributed by atoms with E-state index in [4.69, 9.17) is 20.4 Å². The standard InChI is InChI=1S/C12H12O12/c1-2-3-4(5(13)14)11(6(15)16,7(17)18)12(8(19)20,9(21)22)10(23)24/h3H,2H2,1H3,(H,13,14)(H,15,16)(H,17,18)(H,19,20)(H,21,22)(H,23,24). The van der Waals surface area contributed by atoms with Gasteiger partial charge in [-0.1, -0.05) is 13.0 Å². The van der Waals surface area contributed by atoms with E-state index >= 15 is 0 Å². The Labute approximate surface area is 132 Å². The maximum Gasteiger partial charge on any atom is 0.335 e. The van der Waals surface area contributed by atoms with Gasteiger partial charge >= 0.3 is 35.8 Å². The molecule has 12 nitrogen and oxygen atoms in total. The third-order valence-electron chi connectivity index (χ3n) is 3.21. The summed E-state index contributed by atoms with van der Waals surface area (Å²) in [6.07, 6.45) is 0.0764. The van der Waals surface area contributed by atoms with Gasteiger partial charge in [0.15, 0.2) is 0 Å². The molecule has 0 unspecified atom stereocenters. The van der Waals surface area contributed by atoms with Crippen molar-refractivity contribution < 1.29 is 59.4 Å². The number of hydrogen-bond acceptors (Lipinski definition) is 6. The Morgan fingerprint density at radius 1 is 0.667 bits per heavy atom. The fourth-order valence-corrected chi connectivity index (χ4v) is 2.21. The smallest absolute Gasteiger partial charge is 0.335 e. The predicted molar refractivity (Wildman–Crippen MR) is 69.1 cm³/mol. The van der Waals surface area contributed by atoms with Crippen LogP contribution >= 0.6 is 0 Å². The quantitative estimate of drug-likeness (QED) is 0.213. The molecule has 0 bridgehead atoms. The molecule has 24 heavy (non-hydrogen) atoms. The zero-order chi connectivity index (χ0) is 19.5. The molecule has 0 spiro atoms. The summed E-state index contributed by atoms with van der Waals surface area (Å²) in [7, 11) is 0. The Morgan fingerprint density at radius 2 is 0.958 bits per heavy atom. The van der Waals surface area contributed by atoms with Gasteiger partial charge in [-0.05, 0) is 6.42 Å². The first-order valence-corrected chi connectivity index (χ1v) is 5.97. The molecule has 12 heteroatoms. The van der Waals surface area contributed by atoms with Crippen molar-refractivity contribution in [1.82, 2.24) is 0 Å². The molecular weight excluding hydrogens is 336 g/mol. The Bertz CT molecular complexity index is 605. The van der Waals surface area contributed by atoms with E-state index in [0.717, 1.165) is 0 Å². The van der Waals surface area contributed by atoms with E-state index in [-0.39, 0.29) is 6.42 Å². The van der Waals surface area contributed by atoms with E-state index in [2.05, 4.69) is 0 Å². The van der Waals surface area contributed by atoms with Crippen LogP contribution in [0.2, 0.25) is 0 Å². The highest BCUT2D eigenvalue weighted by Crippen LogP contribution is 2.47. The summed E-state index contributed by atoms with van der Waals surface area (Å²) in [6.45, 7) is 1.21. The molecule has 0 radical (unpaired) electrons. The molecule has 6 N–H and O–H groups in total. The summed E-state index contributed by atoms with van der Waals surface area (Å²) < 4.78 is 0. The van der Waals surface area contributed by atoms with Gasteiger partial charge in [-0.2, -0.15) is 0 Å². The van der Waals surface area contributed by atoms with Crippen molar-refractivity contribution in [3.8, 4) is 0 Å². The Kier molecular flexibility index (Phi) is 5.80. The van der Waals surface area contributed by atoms with Crippen LogP contribution in [0.4, 0.5) is 0 Å². The first-order valence-electron chi connectivity index (χ1n) is 5.97. The van der Waals surface area contributed by atoms with Crippen molar-refractivity contribution in [3.63, 3.8) is 0 Å². The molecule has 0 atom stereocenters. The van der Waals surface area contributed by atoms with Crippen LogP contribution in [-0.4, -0.2) is 66.5 Å². The van der Waals surface area contributed by atoms with Gasteiger partial charge < -0.3 is 30.6 Å². The summed E-state index contributed by atoms with van der Waals surface area (Å²) >= 11 is 0. The number of carboxylic acids is 6. The van der Waals surface area contributed by atoms with E-state index < -0.39 is 52.2 Å². The van der Waals surface area contributed by atoms with Crippen molar-refractivity contribution >= 4 is 35.8 Å². The van der Waals surface area contributed by atoms with Crippen molar-refractivity contribution in [2.75, 3.05) is 0 Å². The molecule has 0 heterocycles. The monoisotopic (exact) mass is 348 g/mol. The molecular formula is C12H12O12. The van der Waals surface area contributed by atoms with Crippen molar-refractivity contribution in [2.45, 2.75) is 13.3 Å². The van der Waals surface area contributed by atoms with Crippen LogP contribution in [-0.2, 0) is 28.8 Å². The second-order valence-electron chi connectivity index (χ2n) is 4.36. The van der Waals surface area contributed by atoms with Crippen LogP contribution in [0, 0.1) is 10.8 Å². The van der Waals surface area contributed by atoms with E-state index in [1.54, 1.807) is 0 Å². The van der Waals surface area contributed by atoms with Gasteiger partial charge in [0, 0.05) is 0 Å². The van der Waals surface area contributed by atoms with Crippen LogP contribution in [0.25, 0.3) is 0 Å². The van der Waals surface area contributed by atoms with E-state index in [9.17, 15) is 39.0 Å². The summed E-state index contributed by atoms with van der Waals surface area (Å²) in [6, 6.07) is 0. The fraction of sp³-hybridized carbons (Fsp3) is 0.333. The maximum atomic E-state index is 11.6. The van der Waals surface area contributed by atoms with Crippen LogP contribution in [0.1, 0.15) is 13.3 Å². The van der Waals surface area contributed by atoms with Crippen LogP contribution in [0.3, 0.4) is 0 Å². The molecule has 0 fully saturated rings. The summed E-state index contributed by atoms with van der Waals surface area (Å²) in [5, 5.41) is 54.8. The van der Waals surface area contributed by atoms with Gasteiger partial charge in [-0.3, -0.25) is 24.0 Å². The summed E-state index contributed by atoms with van der Waals surface area (Å²) in [5.74, 6) is -16.4. The molecule has 0 saturated carbocycles. The molecule has 0 rings (SSSR count). The highest BCUT2D eigenvalue weighted by Gasteiger charge is 2.79. The Balaban J connectivity index is 7.63. The lowest BCUT2D eigenvalue weighted by molar-refractivity contribution is -0.199. The van der Waals surface area contributed by atoms with E-state index in [1.807, 2.05) is 0 Å².